The number of aromatic nitrogens is 2. The number of anilines is 1. The molecular weight excluding hydrogens is 454 g/mol. The third-order valence-corrected chi connectivity index (χ3v) is 6.87. The third kappa shape index (κ3) is 4.53. The molecule has 0 aliphatic rings. The Balaban J connectivity index is 1.50. The molecule has 0 atom stereocenters. The number of hydrogen-bond donors (Lipinski definition) is 1. The Hall–Kier alpha value is -4.03. The highest BCUT2D eigenvalue weighted by atomic mass is 32.1. The maximum Gasteiger partial charge on any atom is 0.258 e. The number of fused-ring (bicyclic) bond motifs is 1. The van der Waals surface area contributed by atoms with E-state index in [1.165, 1.54) is 16.9 Å². The summed E-state index contributed by atoms with van der Waals surface area (Å²) in [5, 5.41) is 6.37. The van der Waals surface area contributed by atoms with E-state index in [2.05, 4.69) is 41.5 Å². The number of thiazole rings is 1. The Bertz CT molecular complexity index is 1510. The molecule has 35 heavy (non-hydrogen) atoms. The first kappa shape index (κ1) is 22.7. The van der Waals surface area contributed by atoms with Crippen molar-refractivity contribution in [2.45, 2.75) is 20.3 Å². The van der Waals surface area contributed by atoms with E-state index in [0.717, 1.165) is 51.2 Å². The number of carbonyl (C=O) groups is 1. The first-order valence-electron chi connectivity index (χ1n) is 11.5. The minimum Gasteiger partial charge on any atom is -0.497 e. The molecule has 2 heterocycles. The zero-order valence-corrected chi connectivity index (χ0v) is 20.6. The van der Waals surface area contributed by atoms with Crippen molar-refractivity contribution in [2.24, 2.45) is 0 Å². The second kappa shape index (κ2) is 9.68. The van der Waals surface area contributed by atoms with Gasteiger partial charge in [-0.3, -0.25) is 10.1 Å². The second-order valence-corrected chi connectivity index (χ2v) is 9.11. The van der Waals surface area contributed by atoms with Crippen LogP contribution in [0.15, 0.2) is 78.2 Å². The first-order chi connectivity index (χ1) is 17.1. The number of pyridine rings is 1. The topological polar surface area (TPSA) is 64.1 Å². The summed E-state index contributed by atoms with van der Waals surface area (Å²) in [7, 11) is 1.64. The standard InChI is InChI=1S/C29H25N3O2S/c1-4-19-9-11-20(12-10-19)25-17-35-29(31-25)32-28(33)26-18(2)27(21-13-15-22(34-3)16-14-21)30-24-8-6-5-7-23(24)26/h5-17H,4H2,1-3H3,(H,31,32,33). The number of hydrogen-bond acceptors (Lipinski definition) is 5. The van der Waals surface area contributed by atoms with E-state index in [0.29, 0.717) is 10.7 Å². The SMILES string of the molecule is CCc1ccc(-c2csc(NC(=O)c3c(C)c(-c4ccc(OC)cc4)nc4ccccc34)n2)cc1. The summed E-state index contributed by atoms with van der Waals surface area (Å²) in [5.74, 6) is 0.576. The molecule has 5 rings (SSSR count). The van der Waals surface area contributed by atoms with Gasteiger partial charge in [0.1, 0.15) is 5.75 Å². The van der Waals surface area contributed by atoms with Crippen LogP contribution in [0.4, 0.5) is 5.13 Å². The van der Waals surface area contributed by atoms with Crippen molar-refractivity contribution in [1.82, 2.24) is 9.97 Å². The number of rotatable bonds is 6. The average Bonchev–Trinajstić information content (AvgIpc) is 3.36. The van der Waals surface area contributed by atoms with Crippen LogP contribution in [0.5, 0.6) is 5.75 Å². The van der Waals surface area contributed by atoms with Crippen LogP contribution >= 0.6 is 11.3 Å². The molecule has 1 N–H and O–H groups in total. The van der Waals surface area contributed by atoms with Crippen molar-refractivity contribution in [3.63, 3.8) is 0 Å². The Labute approximate surface area is 208 Å². The van der Waals surface area contributed by atoms with Gasteiger partial charge in [-0.25, -0.2) is 9.97 Å². The van der Waals surface area contributed by atoms with Crippen LogP contribution in [0.3, 0.4) is 0 Å². The maximum absolute atomic E-state index is 13.6. The molecular formula is C29H25N3O2S. The van der Waals surface area contributed by atoms with Gasteiger partial charge in [-0.2, -0.15) is 0 Å². The zero-order chi connectivity index (χ0) is 24.4. The molecule has 1 amide bonds. The molecule has 0 radical (unpaired) electrons. The summed E-state index contributed by atoms with van der Waals surface area (Å²) >= 11 is 1.42. The van der Waals surface area contributed by atoms with Crippen molar-refractivity contribution in [2.75, 3.05) is 12.4 Å². The number of benzene rings is 3. The van der Waals surface area contributed by atoms with Crippen LogP contribution in [-0.2, 0) is 6.42 Å². The smallest absolute Gasteiger partial charge is 0.258 e. The molecule has 0 spiro atoms. The first-order valence-corrected chi connectivity index (χ1v) is 12.3. The fourth-order valence-electron chi connectivity index (χ4n) is 4.16. The highest BCUT2D eigenvalue weighted by Gasteiger charge is 2.20. The molecule has 0 aliphatic heterocycles. The molecule has 2 aromatic heterocycles. The van der Waals surface area contributed by atoms with Crippen LogP contribution in [0.2, 0.25) is 0 Å². The molecule has 174 valence electrons. The van der Waals surface area contributed by atoms with Crippen LogP contribution in [0.1, 0.15) is 28.4 Å². The van der Waals surface area contributed by atoms with Crippen molar-refractivity contribution < 1.29 is 9.53 Å². The number of aryl methyl sites for hydroxylation is 1. The molecule has 5 aromatic rings. The van der Waals surface area contributed by atoms with E-state index in [-0.39, 0.29) is 5.91 Å². The molecule has 0 saturated carbocycles. The number of para-hydroxylation sites is 1. The molecule has 3 aromatic carbocycles. The van der Waals surface area contributed by atoms with E-state index >= 15 is 0 Å². The Morgan fingerprint density at radius 1 is 0.943 bits per heavy atom. The minimum atomic E-state index is -0.196. The fourth-order valence-corrected chi connectivity index (χ4v) is 4.88. The summed E-state index contributed by atoms with van der Waals surface area (Å²) in [6, 6.07) is 23.8. The van der Waals surface area contributed by atoms with Crippen molar-refractivity contribution in [3.8, 4) is 28.3 Å². The second-order valence-electron chi connectivity index (χ2n) is 8.25. The summed E-state index contributed by atoms with van der Waals surface area (Å²) < 4.78 is 5.29. The molecule has 6 heteroatoms. The summed E-state index contributed by atoms with van der Waals surface area (Å²) in [4.78, 5) is 23.1. The Morgan fingerprint density at radius 2 is 1.66 bits per heavy atom. The number of nitrogens with one attached hydrogen (secondary N) is 1. The average molecular weight is 480 g/mol. The molecule has 0 unspecified atom stereocenters. The number of carbonyl (C=O) groups excluding carboxylic acids is 1. The van der Waals surface area contributed by atoms with Gasteiger partial charge in [0.15, 0.2) is 5.13 Å². The largest absolute Gasteiger partial charge is 0.497 e. The monoisotopic (exact) mass is 479 g/mol. The third-order valence-electron chi connectivity index (χ3n) is 6.11. The summed E-state index contributed by atoms with van der Waals surface area (Å²) in [6.07, 6.45) is 0.996. The predicted molar refractivity (Wildman–Crippen MR) is 143 cm³/mol. The van der Waals surface area contributed by atoms with Crippen molar-refractivity contribution in [1.29, 1.82) is 0 Å². The summed E-state index contributed by atoms with van der Waals surface area (Å²) in [6.45, 7) is 4.08. The van der Waals surface area contributed by atoms with E-state index in [1.807, 2.05) is 60.8 Å². The normalized spacial score (nSPS) is 10.9. The lowest BCUT2D eigenvalue weighted by Gasteiger charge is -2.14. The van der Waals surface area contributed by atoms with Gasteiger partial charge in [0.25, 0.3) is 5.91 Å². The molecule has 0 fully saturated rings. The number of amides is 1. The lowest BCUT2D eigenvalue weighted by molar-refractivity contribution is 0.102. The quantitative estimate of drug-likeness (QED) is 0.281. The van der Waals surface area contributed by atoms with E-state index < -0.39 is 0 Å². The minimum absolute atomic E-state index is 0.196. The Kier molecular flexibility index (Phi) is 6.29. The van der Waals surface area contributed by atoms with Gasteiger partial charge in [-0.1, -0.05) is 49.4 Å². The lowest BCUT2D eigenvalue weighted by Crippen LogP contribution is -2.15. The predicted octanol–water partition coefficient (Wildman–Crippen LogP) is 7.16. The number of methoxy groups -OCH3 is 1. The molecule has 0 bridgehead atoms. The molecule has 0 aliphatic carbocycles. The van der Waals surface area contributed by atoms with Crippen LogP contribution in [0, 0.1) is 6.92 Å². The van der Waals surface area contributed by atoms with Crippen molar-refractivity contribution >= 4 is 33.3 Å². The van der Waals surface area contributed by atoms with Gasteiger partial charge in [-0.05, 0) is 54.8 Å². The van der Waals surface area contributed by atoms with Crippen LogP contribution in [0.25, 0.3) is 33.4 Å². The number of ether oxygens (including phenoxy) is 1. The number of nitrogens with zero attached hydrogens (tertiary/aromatic N) is 2. The Morgan fingerprint density at radius 3 is 2.37 bits per heavy atom. The van der Waals surface area contributed by atoms with Gasteiger partial charge >= 0.3 is 0 Å². The van der Waals surface area contributed by atoms with Crippen LogP contribution < -0.4 is 10.1 Å². The fraction of sp³-hybridized carbons (Fsp3) is 0.138. The lowest BCUT2D eigenvalue weighted by atomic mass is 9.97. The van der Waals surface area contributed by atoms with Crippen LogP contribution in [-0.4, -0.2) is 23.0 Å². The zero-order valence-electron chi connectivity index (χ0n) is 19.8. The van der Waals surface area contributed by atoms with Gasteiger partial charge in [0, 0.05) is 21.9 Å². The van der Waals surface area contributed by atoms with Gasteiger partial charge < -0.3 is 4.74 Å². The summed E-state index contributed by atoms with van der Waals surface area (Å²) in [5.41, 5.74) is 7.05. The van der Waals surface area contributed by atoms with E-state index in [1.54, 1.807) is 7.11 Å². The van der Waals surface area contributed by atoms with Gasteiger partial charge in [0.2, 0.25) is 0 Å². The van der Waals surface area contributed by atoms with Crippen molar-refractivity contribution in [3.05, 3.63) is 94.9 Å². The highest BCUT2D eigenvalue weighted by molar-refractivity contribution is 7.14. The maximum atomic E-state index is 13.6. The van der Waals surface area contributed by atoms with Gasteiger partial charge in [0.05, 0.1) is 29.6 Å². The molecule has 0 saturated heterocycles. The van der Waals surface area contributed by atoms with E-state index in [9.17, 15) is 4.79 Å². The highest BCUT2D eigenvalue weighted by Crippen LogP contribution is 2.32. The van der Waals surface area contributed by atoms with Gasteiger partial charge in [-0.15, -0.1) is 11.3 Å². The van der Waals surface area contributed by atoms with E-state index in [4.69, 9.17) is 9.72 Å². The molecule has 5 nitrogen and oxygen atoms in total.